The van der Waals surface area contributed by atoms with Crippen LogP contribution >= 0.6 is 0 Å². The summed E-state index contributed by atoms with van der Waals surface area (Å²) in [6.45, 7) is 5.46. The second-order valence-corrected chi connectivity index (χ2v) is 6.50. The third-order valence-corrected chi connectivity index (χ3v) is 5.02. The van der Waals surface area contributed by atoms with Crippen LogP contribution in [0.3, 0.4) is 0 Å². The van der Waals surface area contributed by atoms with E-state index in [-0.39, 0.29) is 11.7 Å². The Hall–Kier alpha value is -1.99. The fourth-order valence-electron chi connectivity index (χ4n) is 3.52. The Morgan fingerprint density at radius 3 is 2.84 bits per heavy atom. The maximum atomic E-state index is 13.3. The molecule has 0 spiro atoms. The summed E-state index contributed by atoms with van der Waals surface area (Å²) in [5, 5.41) is 14.3. The van der Waals surface area contributed by atoms with Crippen molar-refractivity contribution in [2.45, 2.75) is 25.8 Å². The van der Waals surface area contributed by atoms with Gasteiger partial charge < -0.3 is 14.9 Å². The maximum absolute atomic E-state index is 13.3. The van der Waals surface area contributed by atoms with E-state index in [0.717, 1.165) is 43.4 Å². The first-order valence-corrected chi connectivity index (χ1v) is 8.86. The Balaban J connectivity index is 1.55. The molecular formula is C18H25FN4O2. The molecule has 1 saturated heterocycles. The zero-order chi connectivity index (χ0) is 17.8. The number of hydrogen-bond donors (Lipinski definition) is 1. The molecule has 1 N–H and O–H groups in total. The van der Waals surface area contributed by atoms with Gasteiger partial charge in [-0.05, 0) is 38.0 Å². The first-order chi connectivity index (χ1) is 12.1. The molecule has 0 unspecified atom stereocenters. The summed E-state index contributed by atoms with van der Waals surface area (Å²) < 4.78 is 15.3. The van der Waals surface area contributed by atoms with Crippen LogP contribution < -0.4 is 0 Å². The van der Waals surface area contributed by atoms with Gasteiger partial charge in [-0.2, -0.15) is 5.10 Å². The van der Waals surface area contributed by atoms with Crippen LogP contribution in [0.1, 0.15) is 25.8 Å². The largest absolute Gasteiger partial charge is 0.387 e. The van der Waals surface area contributed by atoms with Gasteiger partial charge in [-0.15, -0.1) is 0 Å². The van der Waals surface area contributed by atoms with E-state index in [1.54, 1.807) is 17.2 Å². The van der Waals surface area contributed by atoms with Gasteiger partial charge in [0.15, 0.2) is 0 Å². The minimum absolute atomic E-state index is 0.215. The molecule has 2 aromatic rings. The minimum Gasteiger partial charge on any atom is -0.387 e. The number of carbonyl (C=O) groups excluding carboxylic acids is 1. The van der Waals surface area contributed by atoms with Gasteiger partial charge in [0.05, 0.1) is 17.8 Å². The van der Waals surface area contributed by atoms with Crippen molar-refractivity contribution in [3.8, 4) is 0 Å². The normalized spacial score (nSPS) is 16.4. The number of aliphatic hydroxyl groups is 1. The molecule has 7 heteroatoms. The maximum Gasteiger partial charge on any atom is 0.248 e. The number of fused-ring (bicyclic) bond motifs is 1. The molecule has 1 amide bonds. The molecule has 3 rings (SSSR count). The molecule has 0 saturated carbocycles. The molecular weight excluding hydrogens is 323 g/mol. The summed E-state index contributed by atoms with van der Waals surface area (Å²) in [6.07, 6.45) is 3.69. The molecule has 6 nitrogen and oxygen atoms in total. The lowest BCUT2D eigenvalue weighted by Gasteiger charge is -2.33. The zero-order valence-electron chi connectivity index (χ0n) is 14.6. The molecule has 1 aliphatic rings. The molecule has 136 valence electrons. The highest BCUT2D eigenvalue weighted by molar-refractivity contribution is 5.78. The topological polar surface area (TPSA) is 61.6 Å². The zero-order valence-corrected chi connectivity index (χ0v) is 14.6. The predicted molar refractivity (Wildman–Crippen MR) is 93.7 cm³/mol. The fraction of sp³-hybridized carbons (Fsp3) is 0.556. The second-order valence-electron chi connectivity index (χ2n) is 6.50. The number of likely N-dealkylation sites (tertiary alicyclic amines) is 1. The number of carbonyl (C=O) groups is 1. The molecule has 1 aromatic carbocycles. The van der Waals surface area contributed by atoms with Gasteiger partial charge in [-0.3, -0.25) is 9.48 Å². The quantitative estimate of drug-likeness (QED) is 0.862. The molecule has 0 atom stereocenters. The highest BCUT2D eigenvalue weighted by Gasteiger charge is 2.23. The summed E-state index contributed by atoms with van der Waals surface area (Å²) in [6, 6.07) is 5.11. The lowest BCUT2D eigenvalue weighted by atomic mass is 10.0. The van der Waals surface area contributed by atoms with Gasteiger partial charge in [-0.25, -0.2) is 4.39 Å². The molecule has 2 heterocycles. The standard InChI is InChI=1S/C18H25FN4O2/c1-2-22(18(25)13-24)10-9-21-7-5-16(6-8-21)23-17-4-3-15(19)11-14(17)12-20-23/h3-4,11-12,16,24H,2,5-10,13H2,1H3. The van der Waals surface area contributed by atoms with Crippen LogP contribution in [0.4, 0.5) is 4.39 Å². The first kappa shape index (κ1) is 17.8. The Labute approximate surface area is 146 Å². The molecule has 25 heavy (non-hydrogen) atoms. The molecule has 0 radical (unpaired) electrons. The first-order valence-electron chi connectivity index (χ1n) is 8.86. The van der Waals surface area contributed by atoms with E-state index in [0.29, 0.717) is 19.1 Å². The molecule has 1 aliphatic heterocycles. The van der Waals surface area contributed by atoms with Crippen LogP contribution in [-0.2, 0) is 4.79 Å². The van der Waals surface area contributed by atoms with Crippen LogP contribution in [-0.4, -0.2) is 69.9 Å². The minimum atomic E-state index is -0.428. The Morgan fingerprint density at radius 2 is 2.16 bits per heavy atom. The number of hydrogen-bond acceptors (Lipinski definition) is 4. The van der Waals surface area contributed by atoms with Crippen molar-refractivity contribution < 1.29 is 14.3 Å². The van der Waals surface area contributed by atoms with Crippen molar-refractivity contribution in [3.05, 3.63) is 30.2 Å². The number of aliphatic hydroxyl groups excluding tert-OH is 1. The fourth-order valence-corrected chi connectivity index (χ4v) is 3.52. The average molecular weight is 348 g/mol. The highest BCUT2D eigenvalue weighted by atomic mass is 19.1. The number of nitrogens with zero attached hydrogens (tertiary/aromatic N) is 4. The Bertz CT molecular complexity index is 725. The van der Waals surface area contributed by atoms with E-state index in [4.69, 9.17) is 5.11 Å². The third-order valence-electron chi connectivity index (χ3n) is 5.02. The van der Waals surface area contributed by atoms with Gasteiger partial charge in [0.1, 0.15) is 12.4 Å². The van der Waals surface area contributed by atoms with Crippen molar-refractivity contribution in [1.82, 2.24) is 19.6 Å². The lowest BCUT2D eigenvalue weighted by Crippen LogP contribution is -2.42. The van der Waals surface area contributed by atoms with Crippen molar-refractivity contribution in [1.29, 1.82) is 0 Å². The Morgan fingerprint density at radius 1 is 1.40 bits per heavy atom. The van der Waals surface area contributed by atoms with Crippen molar-refractivity contribution in [3.63, 3.8) is 0 Å². The predicted octanol–water partition coefficient (Wildman–Crippen LogP) is 1.65. The average Bonchev–Trinajstić information content (AvgIpc) is 3.05. The van der Waals surface area contributed by atoms with E-state index >= 15 is 0 Å². The summed E-state index contributed by atoms with van der Waals surface area (Å²) in [7, 11) is 0. The number of amides is 1. The highest BCUT2D eigenvalue weighted by Crippen LogP contribution is 2.26. The van der Waals surface area contributed by atoms with Gasteiger partial charge >= 0.3 is 0 Å². The number of aromatic nitrogens is 2. The van der Waals surface area contributed by atoms with Crippen LogP contribution in [0, 0.1) is 5.82 Å². The third kappa shape index (κ3) is 3.99. The number of benzene rings is 1. The van der Waals surface area contributed by atoms with Gasteiger partial charge in [0, 0.05) is 38.1 Å². The van der Waals surface area contributed by atoms with Crippen LogP contribution in [0.5, 0.6) is 0 Å². The van der Waals surface area contributed by atoms with E-state index < -0.39 is 6.61 Å². The van der Waals surface area contributed by atoms with Gasteiger partial charge in [0.25, 0.3) is 0 Å². The monoisotopic (exact) mass is 348 g/mol. The van der Waals surface area contributed by atoms with Crippen molar-refractivity contribution in [2.75, 3.05) is 39.3 Å². The smallest absolute Gasteiger partial charge is 0.248 e. The van der Waals surface area contributed by atoms with Crippen LogP contribution in [0.15, 0.2) is 24.4 Å². The van der Waals surface area contributed by atoms with Crippen LogP contribution in [0.2, 0.25) is 0 Å². The van der Waals surface area contributed by atoms with E-state index in [2.05, 4.69) is 10.00 Å². The van der Waals surface area contributed by atoms with Crippen LogP contribution in [0.25, 0.3) is 10.9 Å². The van der Waals surface area contributed by atoms with Crippen molar-refractivity contribution in [2.24, 2.45) is 0 Å². The summed E-state index contributed by atoms with van der Waals surface area (Å²) >= 11 is 0. The van der Waals surface area contributed by atoms with Crippen molar-refractivity contribution >= 4 is 16.8 Å². The van der Waals surface area contributed by atoms with Gasteiger partial charge in [0.2, 0.25) is 5.91 Å². The summed E-state index contributed by atoms with van der Waals surface area (Å²) in [5.41, 5.74) is 0.977. The van der Waals surface area contributed by atoms with E-state index in [9.17, 15) is 9.18 Å². The lowest BCUT2D eigenvalue weighted by molar-refractivity contribution is -0.134. The molecule has 1 aromatic heterocycles. The van der Waals surface area contributed by atoms with E-state index in [1.807, 2.05) is 11.6 Å². The Kier molecular flexibility index (Phi) is 5.65. The number of rotatable bonds is 6. The number of likely N-dealkylation sites (N-methyl/N-ethyl adjacent to an activating group) is 1. The SMILES string of the molecule is CCN(CCN1CCC(n2ncc3cc(F)ccc32)CC1)C(=O)CO. The summed E-state index contributed by atoms with van der Waals surface area (Å²) in [5.74, 6) is -0.451. The molecule has 1 fully saturated rings. The van der Waals surface area contributed by atoms with E-state index in [1.165, 1.54) is 12.1 Å². The molecule has 0 aliphatic carbocycles. The van der Waals surface area contributed by atoms with Gasteiger partial charge in [-0.1, -0.05) is 0 Å². The molecule has 0 bridgehead atoms. The summed E-state index contributed by atoms with van der Waals surface area (Å²) in [4.78, 5) is 15.6. The number of piperidine rings is 1. The second kappa shape index (κ2) is 7.93. The number of halogens is 1.